The molecule has 76 valence electrons. The monoisotopic (exact) mass is 198 g/mol. The van der Waals surface area contributed by atoms with Gasteiger partial charge in [-0.2, -0.15) is 0 Å². The minimum Gasteiger partial charge on any atom is -0.478 e. The second-order valence-electron chi connectivity index (χ2n) is 3.59. The highest BCUT2D eigenvalue weighted by molar-refractivity contribution is 5.87. The first-order valence-corrected chi connectivity index (χ1v) is 4.07. The molecule has 0 atom stereocenters. The van der Waals surface area contributed by atoms with E-state index in [4.69, 9.17) is 5.11 Å². The van der Waals surface area contributed by atoms with Crippen LogP contribution in [0.3, 0.4) is 0 Å². The number of carboxylic acids is 1. The van der Waals surface area contributed by atoms with Crippen molar-refractivity contribution in [1.29, 1.82) is 0 Å². The van der Waals surface area contributed by atoms with Crippen LogP contribution in [0.4, 0.5) is 4.39 Å². The summed E-state index contributed by atoms with van der Waals surface area (Å²) in [6.45, 7) is 2.93. The smallest absolute Gasteiger partial charge is 0.335 e. The summed E-state index contributed by atoms with van der Waals surface area (Å²) < 4.78 is 12.9. The molecule has 0 bridgehead atoms. The summed E-state index contributed by atoms with van der Waals surface area (Å²) in [5.41, 5.74) is -1.16. The van der Waals surface area contributed by atoms with E-state index in [0.29, 0.717) is 0 Å². The van der Waals surface area contributed by atoms with Crippen LogP contribution in [0.2, 0.25) is 0 Å². The number of aromatic carboxylic acids is 1. The first-order valence-electron chi connectivity index (χ1n) is 4.07. The van der Waals surface area contributed by atoms with E-state index >= 15 is 0 Å². The van der Waals surface area contributed by atoms with Crippen LogP contribution in [0.25, 0.3) is 0 Å². The highest BCUT2D eigenvalue weighted by Gasteiger charge is 2.19. The Morgan fingerprint density at radius 1 is 1.36 bits per heavy atom. The van der Waals surface area contributed by atoms with E-state index in [0.717, 1.165) is 12.1 Å². The lowest BCUT2D eigenvalue weighted by atomic mass is 9.96. The summed E-state index contributed by atoms with van der Waals surface area (Å²) in [5.74, 6) is -1.88. The van der Waals surface area contributed by atoms with Gasteiger partial charge in [-0.05, 0) is 37.6 Å². The standard InChI is InChI=1S/C10H11FO3/c1-10(2,14)7-3-6(9(12)13)4-8(11)5-7/h3-5,14H,1-2H3,(H,12,13). The Bertz CT molecular complexity index is 366. The van der Waals surface area contributed by atoms with Crippen molar-refractivity contribution in [2.45, 2.75) is 19.4 Å². The number of carbonyl (C=O) groups is 1. The Labute approximate surface area is 80.8 Å². The molecule has 14 heavy (non-hydrogen) atoms. The van der Waals surface area contributed by atoms with Gasteiger partial charge in [0.25, 0.3) is 0 Å². The number of aliphatic hydroxyl groups is 1. The predicted octanol–water partition coefficient (Wildman–Crippen LogP) is 1.75. The van der Waals surface area contributed by atoms with Crippen LogP contribution in [0.15, 0.2) is 18.2 Å². The van der Waals surface area contributed by atoms with Crippen molar-refractivity contribution < 1.29 is 19.4 Å². The lowest BCUT2D eigenvalue weighted by molar-refractivity contribution is 0.0691. The van der Waals surface area contributed by atoms with E-state index < -0.39 is 17.4 Å². The van der Waals surface area contributed by atoms with Gasteiger partial charge in [0.05, 0.1) is 11.2 Å². The second kappa shape index (κ2) is 3.38. The molecule has 0 unspecified atom stereocenters. The quantitative estimate of drug-likeness (QED) is 0.761. The maximum atomic E-state index is 12.9. The zero-order valence-electron chi connectivity index (χ0n) is 7.91. The van der Waals surface area contributed by atoms with Gasteiger partial charge in [-0.15, -0.1) is 0 Å². The minimum atomic E-state index is -1.24. The highest BCUT2D eigenvalue weighted by Crippen LogP contribution is 2.21. The molecule has 0 fully saturated rings. The molecule has 0 aliphatic heterocycles. The molecule has 0 amide bonds. The van der Waals surface area contributed by atoms with Gasteiger partial charge in [0.1, 0.15) is 5.82 Å². The fourth-order valence-electron chi connectivity index (χ4n) is 1.07. The molecule has 0 aliphatic carbocycles. The number of hydrogen-bond acceptors (Lipinski definition) is 2. The van der Waals surface area contributed by atoms with Crippen LogP contribution in [0, 0.1) is 5.82 Å². The van der Waals surface area contributed by atoms with Gasteiger partial charge < -0.3 is 10.2 Å². The minimum absolute atomic E-state index is 0.165. The summed E-state index contributed by atoms with van der Waals surface area (Å²) in [6.07, 6.45) is 0. The van der Waals surface area contributed by atoms with E-state index in [9.17, 15) is 14.3 Å². The van der Waals surface area contributed by atoms with Gasteiger partial charge in [0.2, 0.25) is 0 Å². The number of carboxylic acid groups (broad SMARTS) is 1. The second-order valence-corrected chi connectivity index (χ2v) is 3.59. The Balaban J connectivity index is 3.28. The van der Waals surface area contributed by atoms with Crippen LogP contribution in [0.5, 0.6) is 0 Å². The Morgan fingerprint density at radius 2 is 1.93 bits per heavy atom. The van der Waals surface area contributed by atoms with E-state index in [1.54, 1.807) is 0 Å². The summed E-state index contributed by atoms with van der Waals surface area (Å²) in [6, 6.07) is 3.29. The maximum absolute atomic E-state index is 12.9. The van der Waals surface area contributed by atoms with Crippen LogP contribution in [-0.4, -0.2) is 16.2 Å². The molecule has 0 heterocycles. The summed E-state index contributed by atoms with van der Waals surface area (Å²) >= 11 is 0. The maximum Gasteiger partial charge on any atom is 0.335 e. The third-order valence-electron chi connectivity index (χ3n) is 1.85. The number of benzene rings is 1. The van der Waals surface area contributed by atoms with Gasteiger partial charge >= 0.3 is 5.97 Å². The number of rotatable bonds is 2. The molecule has 1 aromatic rings. The van der Waals surface area contributed by atoms with E-state index in [-0.39, 0.29) is 11.1 Å². The fraction of sp³-hybridized carbons (Fsp3) is 0.300. The largest absolute Gasteiger partial charge is 0.478 e. The molecule has 0 aliphatic rings. The molecule has 4 heteroatoms. The van der Waals surface area contributed by atoms with Crippen LogP contribution in [0.1, 0.15) is 29.8 Å². The zero-order chi connectivity index (χ0) is 10.9. The molecule has 1 rings (SSSR count). The topological polar surface area (TPSA) is 57.5 Å². The molecule has 0 saturated heterocycles. The van der Waals surface area contributed by atoms with E-state index in [1.807, 2.05) is 0 Å². The molecular weight excluding hydrogens is 187 g/mol. The van der Waals surface area contributed by atoms with E-state index in [1.165, 1.54) is 19.9 Å². The Hall–Kier alpha value is -1.42. The lowest BCUT2D eigenvalue weighted by Gasteiger charge is -2.18. The molecule has 1 aromatic carbocycles. The Kier molecular flexibility index (Phi) is 2.57. The zero-order valence-corrected chi connectivity index (χ0v) is 7.91. The number of halogens is 1. The normalized spacial score (nSPS) is 11.4. The van der Waals surface area contributed by atoms with E-state index in [2.05, 4.69) is 0 Å². The van der Waals surface area contributed by atoms with Crippen molar-refractivity contribution in [2.75, 3.05) is 0 Å². The van der Waals surface area contributed by atoms with Crippen LogP contribution in [-0.2, 0) is 5.60 Å². The lowest BCUT2D eigenvalue weighted by Crippen LogP contribution is -2.16. The summed E-state index contributed by atoms with van der Waals surface area (Å²) in [5, 5.41) is 18.2. The summed E-state index contributed by atoms with van der Waals surface area (Å²) in [4.78, 5) is 10.6. The van der Waals surface area contributed by atoms with Gasteiger partial charge in [-0.25, -0.2) is 9.18 Å². The van der Waals surface area contributed by atoms with Crippen molar-refractivity contribution in [3.8, 4) is 0 Å². The summed E-state index contributed by atoms with van der Waals surface area (Å²) in [7, 11) is 0. The van der Waals surface area contributed by atoms with Crippen molar-refractivity contribution in [3.63, 3.8) is 0 Å². The predicted molar refractivity (Wildman–Crippen MR) is 48.6 cm³/mol. The first-order chi connectivity index (χ1) is 6.30. The van der Waals surface area contributed by atoms with Gasteiger partial charge in [0.15, 0.2) is 0 Å². The van der Waals surface area contributed by atoms with Crippen LogP contribution >= 0.6 is 0 Å². The van der Waals surface area contributed by atoms with Gasteiger partial charge in [0, 0.05) is 0 Å². The fourth-order valence-corrected chi connectivity index (χ4v) is 1.07. The Morgan fingerprint density at radius 3 is 2.36 bits per heavy atom. The highest BCUT2D eigenvalue weighted by atomic mass is 19.1. The molecule has 2 N–H and O–H groups in total. The van der Waals surface area contributed by atoms with Gasteiger partial charge in [-0.1, -0.05) is 0 Å². The SMILES string of the molecule is CC(C)(O)c1cc(F)cc(C(=O)O)c1. The average Bonchev–Trinajstić information content (AvgIpc) is 2.01. The third kappa shape index (κ3) is 2.29. The molecular formula is C10H11FO3. The van der Waals surface area contributed by atoms with Crippen molar-refractivity contribution in [1.82, 2.24) is 0 Å². The average molecular weight is 198 g/mol. The molecule has 0 saturated carbocycles. The molecule has 0 aromatic heterocycles. The van der Waals surface area contributed by atoms with Crippen molar-refractivity contribution in [3.05, 3.63) is 35.1 Å². The van der Waals surface area contributed by atoms with Gasteiger partial charge in [-0.3, -0.25) is 0 Å². The molecule has 0 radical (unpaired) electrons. The molecule has 3 nitrogen and oxygen atoms in total. The van der Waals surface area contributed by atoms with Crippen molar-refractivity contribution >= 4 is 5.97 Å². The van der Waals surface area contributed by atoms with Crippen molar-refractivity contribution in [2.24, 2.45) is 0 Å². The number of hydrogen-bond donors (Lipinski definition) is 2. The third-order valence-corrected chi connectivity index (χ3v) is 1.85. The first kappa shape index (κ1) is 10.7. The molecule has 0 spiro atoms. The van der Waals surface area contributed by atoms with Crippen LogP contribution < -0.4 is 0 Å².